The molecule has 1 saturated heterocycles. The van der Waals surface area contributed by atoms with Gasteiger partial charge >= 0.3 is 5.69 Å². The predicted octanol–water partition coefficient (Wildman–Crippen LogP) is -0.0262. The van der Waals surface area contributed by atoms with Crippen molar-refractivity contribution in [2.75, 3.05) is 6.54 Å². The Morgan fingerprint density at radius 3 is 2.94 bits per heavy atom. The molecule has 2 aliphatic heterocycles. The lowest BCUT2D eigenvalue weighted by molar-refractivity contribution is 0.124. The fourth-order valence-corrected chi connectivity index (χ4v) is 2.85. The first kappa shape index (κ1) is 9.84. The highest BCUT2D eigenvalue weighted by Crippen LogP contribution is 2.26. The van der Waals surface area contributed by atoms with E-state index in [2.05, 4.69) is 14.9 Å². The number of nitrogens with one attached hydrogen (secondary N) is 2. The Morgan fingerprint density at radius 1 is 1.19 bits per heavy atom. The number of aromatic amines is 2. The molecule has 1 aromatic heterocycles. The first-order valence-electron chi connectivity index (χ1n) is 5.82. The average Bonchev–Trinajstić information content (AvgIpc) is 2.27. The van der Waals surface area contributed by atoms with Crippen molar-refractivity contribution < 1.29 is 0 Å². The van der Waals surface area contributed by atoms with Gasteiger partial charge < -0.3 is 4.98 Å². The Kier molecular flexibility index (Phi) is 2.21. The largest absolute Gasteiger partial charge is 0.325 e. The third-order valence-electron chi connectivity index (χ3n) is 3.68. The van der Waals surface area contributed by atoms with Crippen LogP contribution in [0.5, 0.6) is 0 Å². The number of aromatic nitrogens is 2. The number of hydrogen-bond donors (Lipinski definition) is 2. The average molecular weight is 221 g/mol. The molecule has 1 fully saturated rings. The van der Waals surface area contributed by atoms with Gasteiger partial charge in [0.05, 0.1) is 0 Å². The Balaban J connectivity index is 2.04. The molecule has 3 heterocycles. The van der Waals surface area contributed by atoms with Crippen LogP contribution < -0.4 is 11.2 Å². The van der Waals surface area contributed by atoms with E-state index in [4.69, 9.17) is 0 Å². The zero-order chi connectivity index (χ0) is 11.1. The summed E-state index contributed by atoms with van der Waals surface area (Å²) in [5, 5.41) is 0. The summed E-state index contributed by atoms with van der Waals surface area (Å²) in [6.45, 7) is 1.80. The van der Waals surface area contributed by atoms with Gasteiger partial charge in [0, 0.05) is 23.8 Å². The molecule has 86 valence electrons. The fourth-order valence-electron chi connectivity index (χ4n) is 2.85. The lowest BCUT2D eigenvalue weighted by atomic mass is 9.91. The van der Waals surface area contributed by atoms with E-state index in [-0.39, 0.29) is 11.2 Å². The van der Waals surface area contributed by atoms with Gasteiger partial charge in [0.25, 0.3) is 5.56 Å². The number of hydrogen-bond acceptors (Lipinski definition) is 3. The molecule has 0 spiro atoms. The van der Waals surface area contributed by atoms with Crippen molar-refractivity contribution in [3.05, 3.63) is 32.1 Å². The fraction of sp³-hybridized carbons (Fsp3) is 0.636. The molecule has 5 nitrogen and oxygen atoms in total. The molecule has 1 unspecified atom stereocenters. The maximum atomic E-state index is 11.7. The number of H-pyrrole nitrogens is 2. The molecule has 0 aromatic carbocycles. The molecule has 1 atom stereocenters. The van der Waals surface area contributed by atoms with Crippen LogP contribution in [0.2, 0.25) is 0 Å². The van der Waals surface area contributed by atoms with Crippen molar-refractivity contribution in [2.45, 2.75) is 38.3 Å². The van der Waals surface area contributed by atoms with Crippen molar-refractivity contribution in [3.63, 3.8) is 0 Å². The van der Waals surface area contributed by atoms with Crippen molar-refractivity contribution in [1.29, 1.82) is 0 Å². The summed E-state index contributed by atoms with van der Waals surface area (Å²) in [6.07, 6.45) is 4.41. The van der Waals surface area contributed by atoms with Gasteiger partial charge in [-0.3, -0.25) is 14.7 Å². The lowest BCUT2D eigenvalue weighted by Gasteiger charge is -2.39. The van der Waals surface area contributed by atoms with Crippen LogP contribution in [0.3, 0.4) is 0 Å². The lowest BCUT2D eigenvalue weighted by Crippen LogP contribution is -2.47. The molecule has 0 amide bonds. The highest BCUT2D eigenvalue weighted by atomic mass is 16.2. The standard InChI is InChI=1S/C11H15N3O2/c15-10-8-5-7-3-1-2-4-14(7)6-9(8)12-11(16)13-10/h7H,1-6H2,(H2,12,13,15,16). The molecule has 0 bridgehead atoms. The van der Waals surface area contributed by atoms with Gasteiger partial charge in [0.2, 0.25) is 0 Å². The molecule has 0 saturated carbocycles. The van der Waals surface area contributed by atoms with E-state index in [1.807, 2.05) is 0 Å². The molecular weight excluding hydrogens is 206 g/mol. The van der Waals surface area contributed by atoms with Crippen LogP contribution in [-0.4, -0.2) is 27.5 Å². The van der Waals surface area contributed by atoms with Crippen LogP contribution >= 0.6 is 0 Å². The van der Waals surface area contributed by atoms with E-state index < -0.39 is 0 Å². The normalized spacial score (nSPS) is 24.9. The number of nitrogens with zero attached hydrogens (tertiary/aromatic N) is 1. The highest BCUT2D eigenvalue weighted by Gasteiger charge is 2.30. The van der Waals surface area contributed by atoms with Gasteiger partial charge in [-0.1, -0.05) is 6.42 Å². The zero-order valence-electron chi connectivity index (χ0n) is 9.08. The van der Waals surface area contributed by atoms with Crippen LogP contribution in [-0.2, 0) is 13.0 Å². The van der Waals surface area contributed by atoms with Gasteiger partial charge in [-0.15, -0.1) is 0 Å². The Hall–Kier alpha value is -1.36. The number of piperidine rings is 1. The second-order valence-electron chi connectivity index (χ2n) is 4.69. The predicted molar refractivity (Wildman–Crippen MR) is 59.4 cm³/mol. The maximum absolute atomic E-state index is 11.7. The first-order chi connectivity index (χ1) is 7.74. The quantitative estimate of drug-likeness (QED) is 0.646. The summed E-state index contributed by atoms with van der Waals surface area (Å²) in [7, 11) is 0. The molecule has 0 radical (unpaired) electrons. The van der Waals surface area contributed by atoms with E-state index in [1.165, 1.54) is 12.8 Å². The Labute approximate surface area is 92.5 Å². The van der Waals surface area contributed by atoms with Crippen molar-refractivity contribution in [2.24, 2.45) is 0 Å². The number of fused-ring (bicyclic) bond motifs is 2. The van der Waals surface area contributed by atoms with E-state index in [0.29, 0.717) is 6.04 Å². The molecular formula is C11H15N3O2. The van der Waals surface area contributed by atoms with Gasteiger partial charge in [-0.25, -0.2) is 4.79 Å². The molecule has 3 rings (SSSR count). The summed E-state index contributed by atoms with van der Waals surface area (Å²) in [5.41, 5.74) is 0.998. The smallest absolute Gasteiger partial charge is 0.310 e. The van der Waals surface area contributed by atoms with Crippen LogP contribution in [0.25, 0.3) is 0 Å². The SMILES string of the molecule is O=c1[nH]c2c(c(=O)[nH]1)CC1CCCCN1C2. The molecule has 1 aromatic rings. The Morgan fingerprint density at radius 2 is 2.06 bits per heavy atom. The summed E-state index contributed by atoms with van der Waals surface area (Å²) in [5.74, 6) is 0. The maximum Gasteiger partial charge on any atom is 0.325 e. The van der Waals surface area contributed by atoms with Crippen molar-refractivity contribution in [1.82, 2.24) is 14.9 Å². The van der Waals surface area contributed by atoms with Crippen molar-refractivity contribution in [3.8, 4) is 0 Å². The van der Waals surface area contributed by atoms with Gasteiger partial charge in [0.15, 0.2) is 0 Å². The minimum atomic E-state index is -0.390. The second kappa shape index (κ2) is 3.59. The van der Waals surface area contributed by atoms with Crippen LogP contribution in [0.1, 0.15) is 30.5 Å². The molecule has 5 heteroatoms. The third-order valence-corrected chi connectivity index (χ3v) is 3.68. The number of rotatable bonds is 0. The van der Waals surface area contributed by atoms with E-state index in [1.54, 1.807) is 0 Å². The second-order valence-corrected chi connectivity index (χ2v) is 4.69. The van der Waals surface area contributed by atoms with Crippen molar-refractivity contribution >= 4 is 0 Å². The van der Waals surface area contributed by atoms with Crippen LogP contribution in [0.4, 0.5) is 0 Å². The summed E-state index contributed by atoms with van der Waals surface area (Å²) in [4.78, 5) is 30.3. The topological polar surface area (TPSA) is 69.0 Å². The minimum Gasteiger partial charge on any atom is -0.310 e. The van der Waals surface area contributed by atoms with E-state index >= 15 is 0 Å². The van der Waals surface area contributed by atoms with Gasteiger partial charge in [-0.2, -0.15) is 0 Å². The summed E-state index contributed by atoms with van der Waals surface area (Å²) >= 11 is 0. The monoisotopic (exact) mass is 221 g/mol. The van der Waals surface area contributed by atoms with E-state index in [0.717, 1.165) is 37.2 Å². The molecule has 0 aliphatic carbocycles. The van der Waals surface area contributed by atoms with Crippen LogP contribution in [0, 0.1) is 0 Å². The van der Waals surface area contributed by atoms with E-state index in [9.17, 15) is 9.59 Å². The first-order valence-corrected chi connectivity index (χ1v) is 5.82. The summed E-state index contributed by atoms with van der Waals surface area (Å²) in [6, 6.07) is 0.494. The molecule has 2 N–H and O–H groups in total. The summed E-state index contributed by atoms with van der Waals surface area (Å²) < 4.78 is 0. The zero-order valence-corrected chi connectivity index (χ0v) is 9.08. The van der Waals surface area contributed by atoms with Gasteiger partial charge in [0.1, 0.15) is 0 Å². The molecule has 16 heavy (non-hydrogen) atoms. The third kappa shape index (κ3) is 1.51. The minimum absolute atomic E-state index is 0.205. The van der Waals surface area contributed by atoms with Crippen LogP contribution in [0.15, 0.2) is 9.59 Å². The molecule has 2 aliphatic rings. The van der Waals surface area contributed by atoms with Gasteiger partial charge in [-0.05, 0) is 25.8 Å². The highest BCUT2D eigenvalue weighted by molar-refractivity contribution is 5.21. The Bertz CT molecular complexity index is 517.